The number of likely N-dealkylation sites (tertiary alicyclic amines) is 1. The number of carbonyl (C=O) groups excluding carboxylic acids is 2. The Morgan fingerprint density at radius 2 is 2.04 bits per heavy atom. The Morgan fingerprint density at radius 3 is 2.70 bits per heavy atom. The van der Waals surface area contributed by atoms with E-state index >= 15 is 0 Å². The zero-order valence-electron chi connectivity index (χ0n) is 16.5. The van der Waals surface area contributed by atoms with Crippen LogP contribution in [-0.2, 0) is 9.53 Å². The van der Waals surface area contributed by atoms with E-state index < -0.39 is 17.5 Å². The van der Waals surface area contributed by atoms with Gasteiger partial charge in [0.25, 0.3) is 0 Å². The summed E-state index contributed by atoms with van der Waals surface area (Å²) >= 11 is 0. The number of nitrogens with one attached hydrogen (secondary N) is 1. The molecule has 0 unspecified atom stereocenters. The molecule has 0 saturated carbocycles. The van der Waals surface area contributed by atoms with Crippen LogP contribution in [0.25, 0.3) is 0 Å². The average molecular weight is 380 g/mol. The first kappa shape index (κ1) is 21.0. The highest BCUT2D eigenvalue weighted by Crippen LogP contribution is 2.21. The van der Waals surface area contributed by atoms with Crippen LogP contribution < -0.4 is 10.1 Å². The van der Waals surface area contributed by atoms with E-state index in [1.165, 1.54) is 12.1 Å². The minimum absolute atomic E-state index is 0.0293. The van der Waals surface area contributed by atoms with Crippen molar-refractivity contribution in [3.05, 3.63) is 30.1 Å². The smallest absolute Gasteiger partial charge is 0.407 e. The molecule has 1 aromatic carbocycles. The van der Waals surface area contributed by atoms with Gasteiger partial charge >= 0.3 is 6.09 Å². The van der Waals surface area contributed by atoms with E-state index in [-0.39, 0.29) is 36.6 Å². The number of amides is 2. The fourth-order valence-corrected chi connectivity index (χ4v) is 3.00. The normalized spacial score (nSPS) is 18.1. The Balaban J connectivity index is 1.73. The van der Waals surface area contributed by atoms with Crippen molar-refractivity contribution in [1.29, 1.82) is 0 Å². The molecule has 2 atom stereocenters. The quantitative estimate of drug-likeness (QED) is 0.822. The molecule has 1 saturated heterocycles. The van der Waals surface area contributed by atoms with Gasteiger partial charge in [-0.25, -0.2) is 9.18 Å². The van der Waals surface area contributed by atoms with E-state index in [9.17, 15) is 14.0 Å². The van der Waals surface area contributed by atoms with Crippen LogP contribution in [-0.4, -0.2) is 48.2 Å². The first-order valence-corrected chi connectivity index (χ1v) is 9.30. The molecular formula is C20H29FN2O4. The molecule has 7 heteroatoms. The van der Waals surface area contributed by atoms with E-state index in [2.05, 4.69) is 5.32 Å². The lowest BCUT2D eigenvalue weighted by molar-refractivity contribution is -0.130. The maximum absolute atomic E-state index is 13.5. The largest absolute Gasteiger partial charge is 0.490 e. The number of hydrogen-bond donors (Lipinski definition) is 1. The van der Waals surface area contributed by atoms with Gasteiger partial charge in [-0.15, -0.1) is 0 Å². The van der Waals surface area contributed by atoms with Gasteiger partial charge in [0, 0.05) is 19.1 Å². The summed E-state index contributed by atoms with van der Waals surface area (Å²) in [5, 5.41) is 2.84. The predicted molar refractivity (Wildman–Crippen MR) is 100 cm³/mol. The van der Waals surface area contributed by atoms with Gasteiger partial charge in [-0.05, 0) is 52.2 Å². The zero-order chi connectivity index (χ0) is 20.0. The van der Waals surface area contributed by atoms with E-state index in [1.807, 2.05) is 27.7 Å². The number of para-hydroxylation sites is 1. The van der Waals surface area contributed by atoms with Crippen LogP contribution in [0.4, 0.5) is 9.18 Å². The van der Waals surface area contributed by atoms with Crippen molar-refractivity contribution >= 4 is 12.0 Å². The van der Waals surface area contributed by atoms with Gasteiger partial charge in [0.15, 0.2) is 11.6 Å². The van der Waals surface area contributed by atoms with E-state index in [0.29, 0.717) is 13.1 Å². The second-order valence-electron chi connectivity index (χ2n) is 7.85. The van der Waals surface area contributed by atoms with Crippen LogP contribution in [0.3, 0.4) is 0 Å². The summed E-state index contributed by atoms with van der Waals surface area (Å²) in [6, 6.07) is 6.04. The summed E-state index contributed by atoms with van der Waals surface area (Å²) in [6.45, 7) is 8.72. The molecule has 1 aliphatic heterocycles. The predicted octanol–water partition coefficient (Wildman–Crippen LogP) is 3.36. The second kappa shape index (κ2) is 9.06. The molecule has 1 heterocycles. The molecule has 27 heavy (non-hydrogen) atoms. The molecule has 1 fully saturated rings. The highest BCUT2D eigenvalue weighted by molar-refractivity contribution is 5.76. The summed E-state index contributed by atoms with van der Waals surface area (Å²) in [4.78, 5) is 26.0. The minimum Gasteiger partial charge on any atom is -0.490 e. The fourth-order valence-electron chi connectivity index (χ4n) is 3.00. The Hall–Kier alpha value is -2.31. The topological polar surface area (TPSA) is 67.9 Å². The lowest BCUT2D eigenvalue weighted by Crippen LogP contribution is -2.42. The summed E-state index contributed by atoms with van der Waals surface area (Å²) in [5.41, 5.74) is -0.542. The van der Waals surface area contributed by atoms with E-state index in [1.54, 1.807) is 17.0 Å². The van der Waals surface area contributed by atoms with Gasteiger partial charge in [-0.2, -0.15) is 0 Å². The number of halogens is 1. The molecule has 0 aromatic heterocycles. The van der Waals surface area contributed by atoms with Gasteiger partial charge in [0.2, 0.25) is 5.91 Å². The van der Waals surface area contributed by atoms with Gasteiger partial charge in [-0.3, -0.25) is 4.79 Å². The van der Waals surface area contributed by atoms with Gasteiger partial charge in [-0.1, -0.05) is 12.1 Å². The molecule has 2 amide bonds. The molecule has 1 aromatic rings. The number of alkyl carbamates (subject to hydrolysis) is 1. The maximum Gasteiger partial charge on any atom is 0.407 e. The van der Waals surface area contributed by atoms with Crippen molar-refractivity contribution in [2.24, 2.45) is 5.92 Å². The van der Waals surface area contributed by atoms with Crippen LogP contribution in [0.5, 0.6) is 5.75 Å². The number of ether oxygens (including phenoxy) is 2. The molecule has 0 bridgehead atoms. The molecule has 150 valence electrons. The van der Waals surface area contributed by atoms with Gasteiger partial charge in [0.1, 0.15) is 5.60 Å². The average Bonchev–Trinajstić information content (AvgIpc) is 3.05. The molecule has 0 spiro atoms. The van der Waals surface area contributed by atoms with Crippen molar-refractivity contribution in [2.75, 3.05) is 19.7 Å². The second-order valence-corrected chi connectivity index (χ2v) is 7.85. The monoisotopic (exact) mass is 380 g/mol. The van der Waals surface area contributed by atoms with Gasteiger partial charge < -0.3 is 19.7 Å². The molecule has 0 radical (unpaired) electrons. The van der Waals surface area contributed by atoms with E-state index in [4.69, 9.17) is 9.47 Å². The van der Waals surface area contributed by atoms with Crippen molar-refractivity contribution in [2.45, 2.75) is 52.2 Å². The first-order chi connectivity index (χ1) is 12.7. The zero-order valence-corrected chi connectivity index (χ0v) is 16.5. The number of hydrogen-bond acceptors (Lipinski definition) is 4. The molecule has 2 rings (SSSR count). The SMILES string of the molecule is C[C@@H](NC(=O)OC(C)(C)C)[C@H]1CCN(C(=O)CCOc2ccccc2F)C1. The Morgan fingerprint density at radius 1 is 1.33 bits per heavy atom. The number of benzene rings is 1. The minimum atomic E-state index is -0.542. The third-order valence-corrected chi connectivity index (χ3v) is 4.44. The third-order valence-electron chi connectivity index (χ3n) is 4.44. The number of nitrogens with zero attached hydrogens (tertiary/aromatic N) is 1. The number of rotatable bonds is 6. The van der Waals surface area contributed by atoms with Crippen LogP contribution in [0.1, 0.15) is 40.5 Å². The van der Waals surface area contributed by atoms with E-state index in [0.717, 1.165) is 6.42 Å². The lowest BCUT2D eigenvalue weighted by atomic mass is 10.0. The fraction of sp³-hybridized carbons (Fsp3) is 0.600. The molecule has 0 aliphatic carbocycles. The highest BCUT2D eigenvalue weighted by Gasteiger charge is 2.31. The molecule has 6 nitrogen and oxygen atoms in total. The van der Waals surface area contributed by atoms with Crippen molar-refractivity contribution in [3.8, 4) is 5.75 Å². The van der Waals surface area contributed by atoms with Crippen LogP contribution in [0.15, 0.2) is 24.3 Å². The number of carbonyl (C=O) groups is 2. The third kappa shape index (κ3) is 6.73. The summed E-state index contributed by atoms with van der Waals surface area (Å²) in [5.74, 6) is -0.139. The van der Waals surface area contributed by atoms with Crippen LogP contribution in [0, 0.1) is 11.7 Å². The van der Waals surface area contributed by atoms with Gasteiger partial charge in [0.05, 0.1) is 13.0 Å². The molecule has 1 aliphatic rings. The molecular weight excluding hydrogens is 351 g/mol. The first-order valence-electron chi connectivity index (χ1n) is 9.30. The summed E-state index contributed by atoms with van der Waals surface area (Å²) < 4.78 is 24.1. The molecule has 1 N–H and O–H groups in total. The standard InChI is InChI=1S/C20H29FN2O4/c1-14(22-19(25)27-20(2,3)4)15-9-11-23(13-15)18(24)10-12-26-17-8-6-5-7-16(17)21/h5-8,14-15H,9-13H2,1-4H3,(H,22,25)/t14-,15+/m1/s1. The highest BCUT2D eigenvalue weighted by atomic mass is 19.1. The van der Waals surface area contributed by atoms with Crippen LogP contribution >= 0.6 is 0 Å². The Labute approximate surface area is 160 Å². The maximum atomic E-state index is 13.5. The summed E-state index contributed by atoms with van der Waals surface area (Å²) in [7, 11) is 0. The van der Waals surface area contributed by atoms with Crippen molar-refractivity contribution < 1.29 is 23.5 Å². The Bertz CT molecular complexity index is 660. The summed E-state index contributed by atoms with van der Waals surface area (Å²) in [6.07, 6.45) is 0.560. The van der Waals surface area contributed by atoms with Crippen molar-refractivity contribution in [1.82, 2.24) is 10.2 Å². The van der Waals surface area contributed by atoms with Crippen molar-refractivity contribution in [3.63, 3.8) is 0 Å². The Kier molecular flexibility index (Phi) is 7.05. The van der Waals surface area contributed by atoms with Crippen LogP contribution in [0.2, 0.25) is 0 Å². The lowest BCUT2D eigenvalue weighted by Gasteiger charge is -2.25.